The molecule has 4 N–H and O–H groups in total. The maximum absolute atomic E-state index is 13.0. The second-order valence-electron chi connectivity index (χ2n) is 6.83. The SMILES string of the molecule is NS(=O)(=O)c1ccc(CCNC(=O)c2ccc(S(=O)(=O)Nc3ccc(F)cc3)cc2)cc1. The van der Waals surface area contributed by atoms with Crippen molar-refractivity contribution in [3.63, 3.8) is 0 Å². The Hall–Kier alpha value is -3.28. The molecule has 0 unspecified atom stereocenters. The first kappa shape index (κ1) is 23.4. The van der Waals surface area contributed by atoms with Crippen LogP contribution in [0.15, 0.2) is 82.6 Å². The minimum absolute atomic E-state index is 0.00856. The first-order valence-corrected chi connectivity index (χ1v) is 12.4. The Morgan fingerprint density at radius 3 is 1.94 bits per heavy atom. The number of hydrogen-bond acceptors (Lipinski definition) is 5. The predicted molar refractivity (Wildman–Crippen MR) is 118 cm³/mol. The number of nitrogens with two attached hydrogens (primary N) is 1. The Balaban J connectivity index is 1.57. The Bertz CT molecular complexity index is 1310. The average molecular weight is 478 g/mol. The molecule has 0 fully saturated rings. The van der Waals surface area contributed by atoms with Crippen LogP contribution >= 0.6 is 0 Å². The maximum Gasteiger partial charge on any atom is 0.261 e. The third-order valence-corrected chi connectivity index (χ3v) is 6.80. The molecule has 8 nitrogen and oxygen atoms in total. The van der Waals surface area contributed by atoms with Crippen molar-refractivity contribution in [3.8, 4) is 0 Å². The van der Waals surface area contributed by atoms with E-state index in [1.165, 1.54) is 48.5 Å². The van der Waals surface area contributed by atoms with Crippen molar-refractivity contribution in [1.29, 1.82) is 0 Å². The molecule has 11 heteroatoms. The number of anilines is 1. The highest BCUT2D eigenvalue weighted by atomic mass is 32.2. The molecule has 3 aromatic rings. The molecule has 0 atom stereocenters. The highest BCUT2D eigenvalue weighted by Gasteiger charge is 2.15. The molecule has 3 rings (SSSR count). The van der Waals surface area contributed by atoms with Gasteiger partial charge >= 0.3 is 0 Å². The highest BCUT2D eigenvalue weighted by Crippen LogP contribution is 2.17. The first-order valence-electron chi connectivity index (χ1n) is 9.33. The van der Waals surface area contributed by atoms with Gasteiger partial charge in [0.1, 0.15) is 5.82 Å². The van der Waals surface area contributed by atoms with Gasteiger partial charge in [-0.05, 0) is 72.6 Å². The molecule has 0 aliphatic carbocycles. The second-order valence-corrected chi connectivity index (χ2v) is 10.1. The average Bonchev–Trinajstić information content (AvgIpc) is 2.75. The number of rotatable bonds is 8. The number of primary sulfonamides is 1. The van der Waals surface area contributed by atoms with E-state index in [9.17, 15) is 26.0 Å². The molecular formula is C21H20FN3O5S2. The van der Waals surface area contributed by atoms with E-state index in [0.717, 1.165) is 17.7 Å². The van der Waals surface area contributed by atoms with Crippen molar-refractivity contribution in [2.75, 3.05) is 11.3 Å². The summed E-state index contributed by atoms with van der Waals surface area (Å²) in [5.41, 5.74) is 1.30. The summed E-state index contributed by atoms with van der Waals surface area (Å²) < 4.78 is 62.7. The van der Waals surface area contributed by atoms with Crippen molar-refractivity contribution in [1.82, 2.24) is 5.32 Å². The topological polar surface area (TPSA) is 135 Å². The summed E-state index contributed by atoms with van der Waals surface area (Å²) in [6.07, 6.45) is 0.463. The quantitative estimate of drug-likeness (QED) is 0.457. The molecule has 0 saturated carbocycles. The van der Waals surface area contributed by atoms with Crippen molar-refractivity contribution in [2.24, 2.45) is 5.14 Å². The van der Waals surface area contributed by atoms with Gasteiger partial charge in [0.05, 0.1) is 9.79 Å². The summed E-state index contributed by atoms with van der Waals surface area (Å²) in [4.78, 5) is 12.3. The minimum atomic E-state index is -3.89. The maximum atomic E-state index is 13.0. The monoisotopic (exact) mass is 477 g/mol. The van der Waals surface area contributed by atoms with Crippen LogP contribution in [0.25, 0.3) is 0 Å². The van der Waals surface area contributed by atoms with Crippen LogP contribution in [-0.4, -0.2) is 29.3 Å². The summed E-state index contributed by atoms with van der Waals surface area (Å²) in [6, 6.07) is 16.3. The van der Waals surface area contributed by atoms with Gasteiger partial charge in [0, 0.05) is 17.8 Å². The third-order valence-electron chi connectivity index (χ3n) is 4.47. The molecule has 0 aromatic heterocycles. The number of hydrogen-bond donors (Lipinski definition) is 3. The zero-order chi connectivity index (χ0) is 23.4. The van der Waals surface area contributed by atoms with Crippen LogP contribution in [0.4, 0.5) is 10.1 Å². The first-order chi connectivity index (χ1) is 15.0. The van der Waals surface area contributed by atoms with Gasteiger partial charge in [-0.3, -0.25) is 9.52 Å². The van der Waals surface area contributed by atoms with E-state index >= 15 is 0 Å². The zero-order valence-corrected chi connectivity index (χ0v) is 18.3. The number of benzene rings is 3. The standard InChI is InChI=1S/C21H20FN3O5S2/c22-17-5-7-18(8-6-17)25-32(29,30)20-11-3-16(4-12-20)21(26)24-14-13-15-1-9-19(10-2-15)31(23,27)28/h1-12,25H,13-14H2,(H,24,26)(H2,23,27,28). The number of amides is 1. The van der Waals surface area contributed by atoms with Crippen molar-refractivity contribution >= 4 is 31.6 Å². The summed E-state index contributed by atoms with van der Waals surface area (Å²) >= 11 is 0. The lowest BCUT2D eigenvalue weighted by Crippen LogP contribution is -2.25. The molecule has 0 bridgehead atoms. The van der Waals surface area contributed by atoms with E-state index in [1.54, 1.807) is 12.1 Å². The Morgan fingerprint density at radius 1 is 0.812 bits per heavy atom. The summed E-state index contributed by atoms with van der Waals surface area (Å²) in [5.74, 6) is -0.870. The lowest BCUT2D eigenvalue weighted by molar-refractivity contribution is 0.0954. The zero-order valence-electron chi connectivity index (χ0n) is 16.7. The molecule has 32 heavy (non-hydrogen) atoms. The largest absolute Gasteiger partial charge is 0.352 e. The Labute approximate surface area is 185 Å². The van der Waals surface area contributed by atoms with E-state index < -0.39 is 25.9 Å². The normalized spacial score (nSPS) is 11.7. The van der Waals surface area contributed by atoms with E-state index in [4.69, 9.17) is 5.14 Å². The second kappa shape index (κ2) is 9.47. The minimum Gasteiger partial charge on any atom is -0.352 e. The van der Waals surface area contributed by atoms with E-state index in [0.29, 0.717) is 13.0 Å². The summed E-state index contributed by atoms with van der Waals surface area (Å²) in [5, 5.41) is 7.77. The van der Waals surface area contributed by atoms with Crippen LogP contribution in [0, 0.1) is 5.82 Å². The summed E-state index contributed by atoms with van der Waals surface area (Å²) in [6.45, 7) is 0.291. The fourth-order valence-electron chi connectivity index (χ4n) is 2.79. The van der Waals surface area contributed by atoms with Gasteiger partial charge in [0.25, 0.3) is 15.9 Å². The summed E-state index contributed by atoms with van der Waals surface area (Å²) in [7, 11) is -7.65. The van der Waals surface area contributed by atoms with Gasteiger partial charge in [-0.25, -0.2) is 26.4 Å². The van der Waals surface area contributed by atoms with Gasteiger partial charge in [-0.15, -0.1) is 0 Å². The van der Waals surface area contributed by atoms with Crippen molar-refractivity contribution in [3.05, 3.63) is 89.7 Å². The third kappa shape index (κ3) is 6.13. The van der Waals surface area contributed by atoms with Gasteiger partial charge in [0.2, 0.25) is 10.0 Å². The van der Waals surface area contributed by atoms with Gasteiger partial charge in [-0.2, -0.15) is 0 Å². The Kier molecular flexibility index (Phi) is 6.92. The van der Waals surface area contributed by atoms with E-state index in [-0.39, 0.29) is 26.9 Å². The van der Waals surface area contributed by atoms with Crippen LogP contribution in [0.5, 0.6) is 0 Å². The molecule has 3 aromatic carbocycles. The number of carbonyl (C=O) groups is 1. The number of sulfonamides is 2. The van der Waals surface area contributed by atoms with Crippen LogP contribution < -0.4 is 15.2 Å². The lowest BCUT2D eigenvalue weighted by Gasteiger charge is -2.09. The molecule has 0 radical (unpaired) electrons. The van der Waals surface area contributed by atoms with Crippen LogP contribution in [0.2, 0.25) is 0 Å². The number of nitrogens with one attached hydrogen (secondary N) is 2. The highest BCUT2D eigenvalue weighted by molar-refractivity contribution is 7.92. The molecule has 0 spiro atoms. The Morgan fingerprint density at radius 2 is 1.38 bits per heavy atom. The molecular weight excluding hydrogens is 457 g/mol. The molecule has 0 aliphatic rings. The van der Waals surface area contributed by atoms with Crippen molar-refractivity contribution in [2.45, 2.75) is 16.2 Å². The molecule has 0 heterocycles. The smallest absolute Gasteiger partial charge is 0.261 e. The molecule has 0 aliphatic heterocycles. The fourth-order valence-corrected chi connectivity index (χ4v) is 4.36. The fraction of sp³-hybridized carbons (Fsp3) is 0.0952. The van der Waals surface area contributed by atoms with Gasteiger partial charge in [-0.1, -0.05) is 12.1 Å². The predicted octanol–water partition coefficient (Wildman–Crippen LogP) is 2.25. The molecule has 0 saturated heterocycles. The van der Waals surface area contributed by atoms with Crippen molar-refractivity contribution < 1.29 is 26.0 Å². The van der Waals surface area contributed by atoms with Crippen LogP contribution in [0.3, 0.4) is 0 Å². The van der Waals surface area contributed by atoms with Gasteiger partial charge in [0.15, 0.2) is 0 Å². The lowest BCUT2D eigenvalue weighted by atomic mass is 10.1. The van der Waals surface area contributed by atoms with E-state index in [2.05, 4.69) is 10.0 Å². The van der Waals surface area contributed by atoms with Crippen LogP contribution in [-0.2, 0) is 26.5 Å². The van der Waals surface area contributed by atoms with Gasteiger partial charge < -0.3 is 5.32 Å². The number of carbonyl (C=O) groups excluding carboxylic acids is 1. The van der Waals surface area contributed by atoms with E-state index in [1.807, 2.05) is 0 Å². The number of halogens is 1. The molecule has 168 valence electrons. The van der Waals surface area contributed by atoms with Crippen LogP contribution in [0.1, 0.15) is 15.9 Å². The molecule has 1 amide bonds.